The lowest BCUT2D eigenvalue weighted by molar-refractivity contribution is 0.338. The number of rotatable bonds is 4. The molecular formula is C18H26Cl2N2. The molecule has 0 saturated carbocycles. The lowest BCUT2D eigenvalue weighted by Gasteiger charge is -2.24. The van der Waals surface area contributed by atoms with Crippen molar-refractivity contribution in [2.45, 2.75) is 31.7 Å². The molecule has 1 aliphatic heterocycles. The quantitative estimate of drug-likeness (QED) is 0.861. The van der Waals surface area contributed by atoms with Crippen LogP contribution in [-0.4, -0.2) is 13.1 Å². The summed E-state index contributed by atoms with van der Waals surface area (Å²) in [6.07, 6.45) is 4.98. The number of fused-ring (bicyclic) bond motifs is 1. The fourth-order valence-corrected chi connectivity index (χ4v) is 3.19. The Labute approximate surface area is 145 Å². The van der Waals surface area contributed by atoms with E-state index in [0.29, 0.717) is 0 Å². The van der Waals surface area contributed by atoms with E-state index in [4.69, 9.17) is 5.73 Å². The molecule has 0 aliphatic carbocycles. The Bertz CT molecular complexity index is 568. The fraction of sp³-hybridized carbons (Fsp3) is 0.444. The van der Waals surface area contributed by atoms with Crippen molar-refractivity contribution in [3.05, 3.63) is 48.0 Å². The van der Waals surface area contributed by atoms with Gasteiger partial charge in [-0.2, -0.15) is 0 Å². The summed E-state index contributed by atoms with van der Waals surface area (Å²) in [6.45, 7) is 2.35. The Morgan fingerprint density at radius 1 is 1.00 bits per heavy atom. The van der Waals surface area contributed by atoms with Crippen molar-refractivity contribution >= 4 is 35.6 Å². The largest absolute Gasteiger partial charge is 0.324 e. The number of hydrogen-bond donors (Lipinski definition) is 2. The number of halogens is 2. The molecule has 22 heavy (non-hydrogen) atoms. The first-order chi connectivity index (χ1) is 9.83. The second kappa shape index (κ2) is 9.36. The highest BCUT2D eigenvalue weighted by atomic mass is 35.5. The zero-order valence-electron chi connectivity index (χ0n) is 12.8. The summed E-state index contributed by atoms with van der Waals surface area (Å²) in [6, 6.07) is 15.3. The van der Waals surface area contributed by atoms with Crippen LogP contribution in [0.25, 0.3) is 10.8 Å². The Kier molecular flexibility index (Phi) is 8.19. The number of piperidine rings is 1. The van der Waals surface area contributed by atoms with Gasteiger partial charge in [0.1, 0.15) is 0 Å². The summed E-state index contributed by atoms with van der Waals surface area (Å²) in [7, 11) is 0. The molecule has 1 unspecified atom stereocenters. The van der Waals surface area contributed by atoms with Gasteiger partial charge in [0.25, 0.3) is 0 Å². The van der Waals surface area contributed by atoms with Crippen molar-refractivity contribution < 1.29 is 0 Å². The Balaban J connectivity index is 0.00000121. The van der Waals surface area contributed by atoms with Gasteiger partial charge in [0.15, 0.2) is 0 Å². The predicted octanol–water partition coefficient (Wildman–Crippen LogP) is 4.46. The summed E-state index contributed by atoms with van der Waals surface area (Å²) in [5, 5.41) is 6.01. The normalized spacial score (nSPS) is 16.6. The van der Waals surface area contributed by atoms with E-state index < -0.39 is 0 Å². The molecule has 2 aromatic rings. The zero-order chi connectivity index (χ0) is 13.8. The minimum absolute atomic E-state index is 0. The molecule has 2 aromatic carbocycles. The molecule has 1 fully saturated rings. The Hall–Kier alpha value is -0.800. The number of benzene rings is 2. The second-order valence-electron chi connectivity index (χ2n) is 5.98. The SMILES string of the molecule is Cl.Cl.NC(CCC1CCNCC1)c1ccc2ccccc2c1. The molecule has 2 nitrogen and oxygen atoms in total. The lowest BCUT2D eigenvalue weighted by Crippen LogP contribution is -2.28. The number of hydrogen-bond acceptors (Lipinski definition) is 2. The van der Waals surface area contributed by atoms with Gasteiger partial charge in [0.2, 0.25) is 0 Å². The van der Waals surface area contributed by atoms with Gasteiger partial charge in [0, 0.05) is 6.04 Å². The maximum atomic E-state index is 6.39. The second-order valence-corrected chi connectivity index (χ2v) is 5.98. The summed E-state index contributed by atoms with van der Waals surface area (Å²) in [5.74, 6) is 0.864. The molecule has 1 atom stereocenters. The highest BCUT2D eigenvalue weighted by molar-refractivity contribution is 5.85. The molecular weight excluding hydrogens is 315 g/mol. The monoisotopic (exact) mass is 340 g/mol. The molecule has 0 amide bonds. The molecule has 4 heteroatoms. The van der Waals surface area contributed by atoms with Crippen LogP contribution in [0.1, 0.15) is 37.3 Å². The van der Waals surface area contributed by atoms with Crippen LogP contribution in [0.5, 0.6) is 0 Å². The van der Waals surface area contributed by atoms with Crippen molar-refractivity contribution in [3.8, 4) is 0 Å². The molecule has 0 aromatic heterocycles. The molecule has 0 radical (unpaired) electrons. The topological polar surface area (TPSA) is 38.0 Å². The van der Waals surface area contributed by atoms with Crippen LogP contribution in [0.3, 0.4) is 0 Å². The van der Waals surface area contributed by atoms with Crippen LogP contribution < -0.4 is 11.1 Å². The maximum Gasteiger partial charge on any atom is 0.0295 e. The van der Waals surface area contributed by atoms with E-state index >= 15 is 0 Å². The summed E-state index contributed by atoms with van der Waals surface area (Å²) in [4.78, 5) is 0. The van der Waals surface area contributed by atoms with E-state index in [9.17, 15) is 0 Å². The van der Waals surface area contributed by atoms with Crippen molar-refractivity contribution in [2.75, 3.05) is 13.1 Å². The lowest BCUT2D eigenvalue weighted by atomic mass is 9.89. The third-order valence-corrected chi connectivity index (χ3v) is 4.55. The first-order valence-corrected chi connectivity index (χ1v) is 7.78. The highest BCUT2D eigenvalue weighted by Gasteiger charge is 2.15. The Morgan fingerprint density at radius 3 is 2.41 bits per heavy atom. The van der Waals surface area contributed by atoms with E-state index in [1.54, 1.807) is 0 Å². The zero-order valence-corrected chi connectivity index (χ0v) is 14.5. The summed E-state index contributed by atoms with van der Waals surface area (Å²) in [5.41, 5.74) is 7.66. The van der Waals surface area contributed by atoms with E-state index in [1.165, 1.54) is 48.7 Å². The van der Waals surface area contributed by atoms with Gasteiger partial charge >= 0.3 is 0 Å². The van der Waals surface area contributed by atoms with Gasteiger partial charge in [-0.3, -0.25) is 0 Å². The van der Waals surface area contributed by atoms with E-state index in [1.807, 2.05) is 0 Å². The molecule has 3 rings (SSSR count). The molecule has 0 bridgehead atoms. The van der Waals surface area contributed by atoms with Crippen LogP contribution in [0.15, 0.2) is 42.5 Å². The van der Waals surface area contributed by atoms with Crippen LogP contribution in [0.4, 0.5) is 0 Å². The van der Waals surface area contributed by atoms with E-state index in [-0.39, 0.29) is 30.9 Å². The number of nitrogens with two attached hydrogens (primary N) is 1. The minimum Gasteiger partial charge on any atom is -0.324 e. The highest BCUT2D eigenvalue weighted by Crippen LogP contribution is 2.25. The fourth-order valence-electron chi connectivity index (χ4n) is 3.19. The van der Waals surface area contributed by atoms with Crippen molar-refractivity contribution in [1.29, 1.82) is 0 Å². The maximum absolute atomic E-state index is 6.39. The van der Waals surface area contributed by atoms with Gasteiger partial charge in [-0.1, -0.05) is 36.4 Å². The van der Waals surface area contributed by atoms with Gasteiger partial charge in [0.05, 0.1) is 0 Å². The molecule has 3 N–H and O–H groups in total. The first-order valence-electron chi connectivity index (χ1n) is 7.78. The number of nitrogens with one attached hydrogen (secondary N) is 1. The van der Waals surface area contributed by atoms with E-state index in [2.05, 4.69) is 47.8 Å². The van der Waals surface area contributed by atoms with Gasteiger partial charge < -0.3 is 11.1 Å². The molecule has 0 spiro atoms. The van der Waals surface area contributed by atoms with Crippen molar-refractivity contribution in [1.82, 2.24) is 5.32 Å². The van der Waals surface area contributed by atoms with Gasteiger partial charge in [-0.25, -0.2) is 0 Å². The molecule has 1 saturated heterocycles. The smallest absolute Gasteiger partial charge is 0.0295 e. The molecule has 122 valence electrons. The third kappa shape index (κ3) is 4.85. The summed E-state index contributed by atoms with van der Waals surface area (Å²) >= 11 is 0. The van der Waals surface area contributed by atoms with Gasteiger partial charge in [-0.15, -0.1) is 24.8 Å². The molecule has 1 aliphatic rings. The molecule has 1 heterocycles. The van der Waals surface area contributed by atoms with Gasteiger partial charge in [-0.05, 0) is 67.1 Å². The average Bonchev–Trinajstić information content (AvgIpc) is 2.53. The van der Waals surface area contributed by atoms with Crippen molar-refractivity contribution in [3.63, 3.8) is 0 Å². The minimum atomic E-state index is 0. The van der Waals surface area contributed by atoms with Crippen LogP contribution in [0.2, 0.25) is 0 Å². The first kappa shape index (κ1) is 19.2. The Morgan fingerprint density at radius 2 is 1.68 bits per heavy atom. The van der Waals surface area contributed by atoms with Crippen LogP contribution in [0, 0.1) is 5.92 Å². The standard InChI is InChI=1S/C18H24N2.2ClH/c19-18(8-5-14-9-11-20-12-10-14)17-7-6-15-3-1-2-4-16(15)13-17;;/h1-4,6-7,13-14,18,20H,5,8-12,19H2;2*1H. The average molecular weight is 341 g/mol. The van der Waals surface area contributed by atoms with Crippen LogP contribution in [-0.2, 0) is 0 Å². The predicted molar refractivity (Wildman–Crippen MR) is 100 cm³/mol. The summed E-state index contributed by atoms with van der Waals surface area (Å²) < 4.78 is 0. The van der Waals surface area contributed by atoms with Crippen molar-refractivity contribution in [2.24, 2.45) is 11.7 Å². The van der Waals surface area contributed by atoms with E-state index in [0.717, 1.165) is 12.3 Å². The third-order valence-electron chi connectivity index (χ3n) is 4.55. The van der Waals surface area contributed by atoms with Crippen LogP contribution >= 0.6 is 24.8 Å².